The number of hydrogen-bond donors (Lipinski definition) is 4. The molecule has 0 unspecified atom stereocenters. The van der Waals surface area contributed by atoms with E-state index >= 15 is 0 Å². The Labute approximate surface area is 113 Å². The molecule has 100 valence electrons. The zero-order valence-electron chi connectivity index (χ0n) is 10.3. The number of phenolic OH excluding ortho intramolecular Hbond substituents is 3. The van der Waals surface area contributed by atoms with E-state index < -0.39 is 0 Å². The molecule has 5 heteroatoms. The van der Waals surface area contributed by atoms with Crippen LogP contribution in [0.3, 0.4) is 0 Å². The minimum Gasteiger partial charge on any atom is -0.508 e. The molecule has 0 saturated heterocycles. The quantitative estimate of drug-likeness (QED) is 0.545. The molecule has 0 bridgehead atoms. The van der Waals surface area contributed by atoms with Gasteiger partial charge < -0.3 is 20.3 Å². The lowest BCUT2D eigenvalue weighted by Crippen LogP contribution is -2.02. The lowest BCUT2D eigenvalue weighted by atomic mass is 10.1. The molecular weight excluding hydrogens is 258 g/mol. The van der Waals surface area contributed by atoms with Crippen LogP contribution < -0.4 is 5.43 Å². The Bertz CT molecular complexity index is 867. The first-order valence-corrected chi connectivity index (χ1v) is 5.93. The van der Waals surface area contributed by atoms with Crippen LogP contribution in [0.25, 0.3) is 22.2 Å². The number of aromatic nitrogens is 1. The van der Waals surface area contributed by atoms with Gasteiger partial charge in [-0.2, -0.15) is 0 Å². The van der Waals surface area contributed by atoms with Crippen LogP contribution in [0, 0.1) is 0 Å². The molecule has 5 nitrogen and oxygen atoms in total. The number of fused-ring (bicyclic) bond motifs is 1. The molecule has 20 heavy (non-hydrogen) atoms. The monoisotopic (exact) mass is 269 g/mol. The van der Waals surface area contributed by atoms with E-state index in [1.54, 1.807) is 0 Å². The number of pyridine rings is 1. The Morgan fingerprint density at radius 2 is 1.55 bits per heavy atom. The van der Waals surface area contributed by atoms with Crippen molar-refractivity contribution in [2.24, 2.45) is 0 Å². The van der Waals surface area contributed by atoms with Crippen molar-refractivity contribution >= 4 is 10.9 Å². The lowest BCUT2D eigenvalue weighted by Gasteiger charge is -2.07. The summed E-state index contributed by atoms with van der Waals surface area (Å²) in [6, 6.07) is 9.90. The Morgan fingerprint density at radius 1 is 0.850 bits per heavy atom. The number of phenols is 3. The second-order valence-corrected chi connectivity index (χ2v) is 4.48. The van der Waals surface area contributed by atoms with E-state index in [-0.39, 0.29) is 22.7 Å². The molecule has 0 aliphatic rings. The number of rotatable bonds is 1. The van der Waals surface area contributed by atoms with E-state index in [9.17, 15) is 20.1 Å². The Hall–Kier alpha value is -2.95. The average Bonchev–Trinajstić information content (AvgIpc) is 2.37. The van der Waals surface area contributed by atoms with Gasteiger partial charge in [0.15, 0.2) is 5.43 Å². The summed E-state index contributed by atoms with van der Waals surface area (Å²) >= 11 is 0. The van der Waals surface area contributed by atoms with Crippen LogP contribution in [0.5, 0.6) is 17.2 Å². The minimum atomic E-state index is -0.221. The third kappa shape index (κ3) is 1.95. The van der Waals surface area contributed by atoms with E-state index in [4.69, 9.17) is 0 Å². The molecule has 1 heterocycles. The standard InChI is InChI=1S/C15H11NO4/c17-8-1-3-10-12(5-8)16-13(7-15(10)20)11-4-2-9(18)6-14(11)19/h1-7,17-19H,(H,16,20). The van der Waals surface area contributed by atoms with Gasteiger partial charge in [0.2, 0.25) is 0 Å². The first-order valence-electron chi connectivity index (χ1n) is 5.93. The van der Waals surface area contributed by atoms with Gasteiger partial charge in [0.05, 0.1) is 11.2 Å². The van der Waals surface area contributed by atoms with Crippen molar-refractivity contribution in [2.75, 3.05) is 0 Å². The fourth-order valence-corrected chi connectivity index (χ4v) is 2.13. The van der Waals surface area contributed by atoms with Gasteiger partial charge in [0, 0.05) is 29.1 Å². The van der Waals surface area contributed by atoms with Crippen molar-refractivity contribution in [3.05, 3.63) is 52.7 Å². The Balaban J connectivity index is 2.29. The van der Waals surface area contributed by atoms with Gasteiger partial charge in [-0.25, -0.2) is 0 Å². The molecule has 0 amide bonds. The predicted molar refractivity (Wildman–Crippen MR) is 75.0 cm³/mol. The van der Waals surface area contributed by atoms with Crippen molar-refractivity contribution in [3.63, 3.8) is 0 Å². The summed E-state index contributed by atoms with van der Waals surface area (Å²) in [5, 5.41) is 29.0. The summed E-state index contributed by atoms with van der Waals surface area (Å²) in [6.45, 7) is 0. The number of nitrogens with one attached hydrogen (secondary N) is 1. The second-order valence-electron chi connectivity index (χ2n) is 4.48. The molecular formula is C15H11NO4. The van der Waals surface area contributed by atoms with Crippen molar-refractivity contribution in [3.8, 4) is 28.5 Å². The molecule has 0 atom stereocenters. The van der Waals surface area contributed by atoms with Crippen LogP contribution in [0.2, 0.25) is 0 Å². The first kappa shape index (κ1) is 12.1. The first-order chi connectivity index (χ1) is 9.54. The zero-order chi connectivity index (χ0) is 14.3. The van der Waals surface area contributed by atoms with Crippen molar-refractivity contribution in [2.45, 2.75) is 0 Å². The summed E-state index contributed by atoms with van der Waals surface area (Å²) in [5.74, 6) is -0.160. The van der Waals surface area contributed by atoms with Crippen LogP contribution in [-0.4, -0.2) is 20.3 Å². The van der Waals surface area contributed by atoms with E-state index in [0.717, 1.165) is 0 Å². The van der Waals surface area contributed by atoms with Gasteiger partial charge in [-0.05, 0) is 24.3 Å². The van der Waals surface area contributed by atoms with Crippen LogP contribution in [0.15, 0.2) is 47.3 Å². The van der Waals surface area contributed by atoms with Crippen LogP contribution in [-0.2, 0) is 0 Å². The molecule has 1 aromatic heterocycles. The molecule has 0 aliphatic carbocycles. The molecule has 2 aromatic carbocycles. The summed E-state index contributed by atoms with van der Waals surface area (Å²) in [5.41, 5.74) is 1.05. The number of aromatic hydroxyl groups is 3. The normalized spacial score (nSPS) is 10.8. The van der Waals surface area contributed by atoms with Gasteiger partial charge in [-0.15, -0.1) is 0 Å². The highest BCUT2D eigenvalue weighted by Crippen LogP contribution is 2.31. The third-order valence-electron chi connectivity index (χ3n) is 3.08. The fraction of sp³-hybridized carbons (Fsp3) is 0. The van der Waals surface area contributed by atoms with Gasteiger partial charge in [0.25, 0.3) is 0 Å². The number of hydrogen-bond acceptors (Lipinski definition) is 4. The molecule has 0 spiro atoms. The van der Waals surface area contributed by atoms with E-state index in [1.807, 2.05) is 0 Å². The lowest BCUT2D eigenvalue weighted by molar-refractivity contribution is 0.452. The highest BCUT2D eigenvalue weighted by Gasteiger charge is 2.09. The highest BCUT2D eigenvalue weighted by atomic mass is 16.3. The Morgan fingerprint density at radius 3 is 2.30 bits per heavy atom. The second kappa shape index (κ2) is 4.31. The van der Waals surface area contributed by atoms with Gasteiger partial charge in [0.1, 0.15) is 17.2 Å². The maximum atomic E-state index is 12.0. The molecule has 0 radical (unpaired) electrons. The van der Waals surface area contributed by atoms with Crippen LogP contribution in [0.1, 0.15) is 0 Å². The largest absolute Gasteiger partial charge is 0.508 e. The summed E-state index contributed by atoms with van der Waals surface area (Å²) in [6.07, 6.45) is 0. The van der Waals surface area contributed by atoms with Gasteiger partial charge in [-0.3, -0.25) is 4.79 Å². The van der Waals surface area contributed by atoms with E-state index in [0.29, 0.717) is 22.2 Å². The number of aromatic amines is 1. The molecule has 0 aliphatic heterocycles. The predicted octanol–water partition coefficient (Wildman–Crippen LogP) is 2.31. The molecule has 3 aromatic rings. The van der Waals surface area contributed by atoms with Crippen molar-refractivity contribution in [1.82, 2.24) is 4.98 Å². The summed E-state index contributed by atoms with van der Waals surface area (Å²) in [4.78, 5) is 15.0. The third-order valence-corrected chi connectivity index (χ3v) is 3.08. The maximum Gasteiger partial charge on any atom is 0.190 e. The summed E-state index contributed by atoms with van der Waals surface area (Å²) < 4.78 is 0. The highest BCUT2D eigenvalue weighted by molar-refractivity contribution is 5.83. The van der Waals surface area contributed by atoms with Gasteiger partial charge >= 0.3 is 0 Å². The van der Waals surface area contributed by atoms with Crippen LogP contribution in [0.4, 0.5) is 0 Å². The molecule has 0 fully saturated rings. The van der Waals surface area contributed by atoms with Crippen molar-refractivity contribution in [1.29, 1.82) is 0 Å². The fourth-order valence-electron chi connectivity index (χ4n) is 2.13. The van der Waals surface area contributed by atoms with Gasteiger partial charge in [-0.1, -0.05) is 0 Å². The molecule has 3 rings (SSSR count). The molecule has 0 saturated carbocycles. The number of H-pyrrole nitrogens is 1. The SMILES string of the molecule is O=c1cc(-c2ccc(O)cc2O)[nH]c2cc(O)ccc12. The summed E-state index contributed by atoms with van der Waals surface area (Å²) in [7, 11) is 0. The topological polar surface area (TPSA) is 93.5 Å². The van der Waals surface area contributed by atoms with E-state index in [1.165, 1.54) is 42.5 Å². The Kier molecular flexibility index (Phi) is 2.61. The minimum absolute atomic E-state index is 0.0419. The van der Waals surface area contributed by atoms with E-state index in [2.05, 4.69) is 4.98 Å². The van der Waals surface area contributed by atoms with Crippen LogP contribution >= 0.6 is 0 Å². The zero-order valence-corrected chi connectivity index (χ0v) is 10.3. The average molecular weight is 269 g/mol. The van der Waals surface area contributed by atoms with Crippen molar-refractivity contribution < 1.29 is 15.3 Å². The molecule has 4 N–H and O–H groups in total. The number of benzene rings is 2. The maximum absolute atomic E-state index is 12.0. The smallest absolute Gasteiger partial charge is 0.190 e.